The predicted molar refractivity (Wildman–Crippen MR) is 72.1 cm³/mol. The number of rotatable bonds is 6. The number of amides is 2. The van der Waals surface area contributed by atoms with Gasteiger partial charge in [0.2, 0.25) is 5.91 Å². The van der Waals surface area contributed by atoms with E-state index in [1.54, 1.807) is 27.8 Å². The molecule has 0 saturated carbocycles. The third-order valence-corrected chi connectivity index (χ3v) is 2.05. The van der Waals surface area contributed by atoms with Crippen molar-refractivity contribution in [2.45, 2.75) is 32.4 Å². The number of nitrogens with one attached hydrogen (secondary N) is 3. The van der Waals surface area contributed by atoms with E-state index in [2.05, 4.69) is 20.7 Å². The van der Waals surface area contributed by atoms with Crippen molar-refractivity contribution in [1.82, 2.24) is 16.0 Å². The Morgan fingerprint density at radius 3 is 2.25 bits per heavy atom. The molecule has 0 aromatic carbocycles. The van der Waals surface area contributed by atoms with Crippen LogP contribution < -0.4 is 16.0 Å². The first kappa shape index (κ1) is 18.2. The number of carbonyl (C=O) groups excluding carboxylic acids is 3. The van der Waals surface area contributed by atoms with Gasteiger partial charge in [-0.1, -0.05) is 0 Å². The Hall–Kier alpha value is -1.83. The Morgan fingerprint density at radius 2 is 1.80 bits per heavy atom. The van der Waals surface area contributed by atoms with E-state index >= 15 is 0 Å². The molecule has 0 aliphatic carbocycles. The van der Waals surface area contributed by atoms with Crippen molar-refractivity contribution in [3.63, 3.8) is 0 Å². The van der Waals surface area contributed by atoms with Gasteiger partial charge in [-0.2, -0.15) is 0 Å². The van der Waals surface area contributed by atoms with Crippen LogP contribution in [-0.4, -0.2) is 56.9 Å². The van der Waals surface area contributed by atoms with E-state index in [0.29, 0.717) is 0 Å². The first-order valence-electron chi connectivity index (χ1n) is 6.18. The van der Waals surface area contributed by atoms with Crippen molar-refractivity contribution in [2.24, 2.45) is 0 Å². The minimum Gasteiger partial charge on any atom is -0.468 e. The summed E-state index contributed by atoms with van der Waals surface area (Å²) >= 11 is 0. The summed E-state index contributed by atoms with van der Waals surface area (Å²) in [6.07, 6.45) is -0.703. The Kier molecular flexibility index (Phi) is 7.60. The summed E-state index contributed by atoms with van der Waals surface area (Å²) in [6, 6.07) is -0.848. The number of carbonyl (C=O) groups is 3. The molecule has 0 saturated heterocycles. The van der Waals surface area contributed by atoms with Gasteiger partial charge in [0, 0.05) is 6.54 Å². The van der Waals surface area contributed by atoms with Gasteiger partial charge in [-0.3, -0.25) is 9.59 Å². The highest BCUT2D eigenvalue weighted by Gasteiger charge is 2.24. The van der Waals surface area contributed by atoms with Crippen LogP contribution >= 0.6 is 0 Å². The van der Waals surface area contributed by atoms with Crippen molar-refractivity contribution >= 4 is 18.0 Å². The molecule has 20 heavy (non-hydrogen) atoms. The summed E-state index contributed by atoms with van der Waals surface area (Å²) in [5.74, 6) is -1.07. The molecule has 2 amide bonds. The zero-order valence-corrected chi connectivity index (χ0v) is 12.5. The van der Waals surface area contributed by atoms with Crippen molar-refractivity contribution < 1.29 is 23.9 Å². The highest BCUT2D eigenvalue weighted by atomic mass is 16.6. The molecule has 0 unspecified atom stereocenters. The predicted octanol–water partition coefficient (Wildman–Crippen LogP) is -0.612. The molecule has 0 radical (unpaired) electrons. The van der Waals surface area contributed by atoms with E-state index in [4.69, 9.17) is 4.74 Å². The molecule has 0 aromatic rings. The molecular formula is C12H23N3O5. The van der Waals surface area contributed by atoms with E-state index in [9.17, 15) is 14.4 Å². The Bertz CT molecular complexity index is 351. The van der Waals surface area contributed by atoms with Gasteiger partial charge in [-0.15, -0.1) is 0 Å². The zero-order valence-electron chi connectivity index (χ0n) is 12.5. The molecule has 0 aliphatic rings. The maximum atomic E-state index is 11.8. The van der Waals surface area contributed by atoms with Crippen LogP contribution in [0.4, 0.5) is 4.79 Å². The lowest BCUT2D eigenvalue weighted by Gasteiger charge is -2.23. The molecule has 0 bridgehead atoms. The van der Waals surface area contributed by atoms with Gasteiger partial charge >= 0.3 is 12.1 Å². The lowest BCUT2D eigenvalue weighted by atomic mass is 10.2. The van der Waals surface area contributed by atoms with Crippen LogP contribution in [0.25, 0.3) is 0 Å². The van der Waals surface area contributed by atoms with Crippen molar-refractivity contribution in [2.75, 3.05) is 27.2 Å². The van der Waals surface area contributed by atoms with Gasteiger partial charge in [0.25, 0.3) is 0 Å². The standard InChI is InChI=1S/C12H23N3O5/c1-12(2,3)20-11(18)15-8(6-13-4)10(17)14-7-9(16)19-5/h8,13H,6-7H2,1-5H3,(H,14,17)(H,15,18)/t8-/m1/s1. The van der Waals surface area contributed by atoms with Crippen LogP contribution in [-0.2, 0) is 19.1 Å². The van der Waals surface area contributed by atoms with Gasteiger partial charge in [0.15, 0.2) is 0 Å². The molecule has 1 atom stereocenters. The van der Waals surface area contributed by atoms with E-state index < -0.39 is 29.6 Å². The summed E-state index contributed by atoms with van der Waals surface area (Å²) in [7, 11) is 2.86. The fourth-order valence-corrected chi connectivity index (χ4v) is 1.22. The molecular weight excluding hydrogens is 266 g/mol. The van der Waals surface area contributed by atoms with Crippen molar-refractivity contribution in [3.8, 4) is 0 Å². The second-order valence-corrected chi connectivity index (χ2v) is 5.05. The van der Waals surface area contributed by atoms with E-state index in [0.717, 1.165) is 0 Å². The zero-order chi connectivity index (χ0) is 15.8. The summed E-state index contributed by atoms with van der Waals surface area (Å²) in [6.45, 7) is 5.10. The fourth-order valence-electron chi connectivity index (χ4n) is 1.22. The van der Waals surface area contributed by atoms with Crippen LogP contribution in [0.15, 0.2) is 0 Å². The quantitative estimate of drug-likeness (QED) is 0.563. The molecule has 0 aliphatic heterocycles. The van der Waals surface area contributed by atoms with Crippen LogP contribution in [0.5, 0.6) is 0 Å². The highest BCUT2D eigenvalue weighted by Crippen LogP contribution is 2.06. The largest absolute Gasteiger partial charge is 0.468 e. The minimum absolute atomic E-state index is 0.201. The topological polar surface area (TPSA) is 106 Å². The van der Waals surface area contributed by atoms with Gasteiger partial charge in [0.1, 0.15) is 18.2 Å². The summed E-state index contributed by atoms with van der Waals surface area (Å²) in [5, 5.41) is 7.56. The van der Waals surface area contributed by atoms with Crippen LogP contribution in [0.3, 0.4) is 0 Å². The number of methoxy groups -OCH3 is 1. The average Bonchev–Trinajstić information content (AvgIpc) is 2.32. The number of alkyl carbamates (subject to hydrolysis) is 1. The average molecular weight is 289 g/mol. The van der Waals surface area contributed by atoms with Gasteiger partial charge in [0.05, 0.1) is 7.11 Å². The third kappa shape index (κ3) is 8.30. The molecule has 0 rings (SSSR count). The summed E-state index contributed by atoms with van der Waals surface area (Å²) in [4.78, 5) is 34.4. The van der Waals surface area contributed by atoms with Gasteiger partial charge in [-0.25, -0.2) is 4.79 Å². The minimum atomic E-state index is -0.848. The molecule has 0 fully saturated rings. The van der Waals surface area contributed by atoms with Crippen LogP contribution in [0.2, 0.25) is 0 Å². The molecule has 0 heterocycles. The number of hydrogen-bond donors (Lipinski definition) is 3. The van der Waals surface area contributed by atoms with Crippen LogP contribution in [0, 0.1) is 0 Å². The number of likely N-dealkylation sites (N-methyl/N-ethyl adjacent to an activating group) is 1. The number of ether oxygens (including phenoxy) is 2. The van der Waals surface area contributed by atoms with Gasteiger partial charge in [-0.05, 0) is 27.8 Å². The smallest absolute Gasteiger partial charge is 0.408 e. The summed E-state index contributed by atoms with van der Waals surface area (Å²) < 4.78 is 9.47. The number of hydrogen-bond acceptors (Lipinski definition) is 6. The second kappa shape index (κ2) is 8.36. The maximum absolute atomic E-state index is 11.8. The molecule has 3 N–H and O–H groups in total. The van der Waals surface area contributed by atoms with E-state index in [-0.39, 0.29) is 13.1 Å². The first-order valence-corrected chi connectivity index (χ1v) is 6.18. The lowest BCUT2D eigenvalue weighted by molar-refractivity contribution is -0.141. The molecule has 0 spiro atoms. The fraction of sp³-hybridized carbons (Fsp3) is 0.750. The molecule has 116 valence electrons. The number of esters is 1. The molecule has 8 heteroatoms. The Balaban J connectivity index is 4.44. The van der Waals surface area contributed by atoms with Crippen molar-refractivity contribution in [3.05, 3.63) is 0 Å². The SMILES string of the molecule is CNC[C@@H](NC(=O)OC(C)(C)C)C(=O)NCC(=O)OC. The monoisotopic (exact) mass is 289 g/mol. The third-order valence-electron chi connectivity index (χ3n) is 2.05. The maximum Gasteiger partial charge on any atom is 0.408 e. The first-order chi connectivity index (χ1) is 9.19. The van der Waals surface area contributed by atoms with E-state index in [1.807, 2.05) is 0 Å². The summed E-state index contributed by atoms with van der Waals surface area (Å²) in [5.41, 5.74) is -0.656. The van der Waals surface area contributed by atoms with Crippen molar-refractivity contribution in [1.29, 1.82) is 0 Å². The molecule has 0 aromatic heterocycles. The lowest BCUT2D eigenvalue weighted by Crippen LogP contribution is -2.53. The second-order valence-electron chi connectivity index (χ2n) is 5.05. The van der Waals surface area contributed by atoms with E-state index in [1.165, 1.54) is 7.11 Å². The van der Waals surface area contributed by atoms with Crippen LogP contribution in [0.1, 0.15) is 20.8 Å². The van der Waals surface area contributed by atoms with Gasteiger partial charge < -0.3 is 25.4 Å². The highest BCUT2D eigenvalue weighted by molar-refractivity contribution is 5.88. The Morgan fingerprint density at radius 1 is 1.20 bits per heavy atom. The normalized spacial score (nSPS) is 12.2. The Labute approximate surface area is 118 Å². The molecule has 8 nitrogen and oxygen atoms in total.